The molecule has 2 amide bonds. The van der Waals surface area contributed by atoms with Crippen molar-refractivity contribution in [1.82, 2.24) is 19.7 Å². The maximum absolute atomic E-state index is 12.7. The molecular weight excluding hydrogens is 432 g/mol. The van der Waals surface area contributed by atoms with Gasteiger partial charge in [-0.15, -0.1) is 0 Å². The molecule has 0 spiro atoms. The summed E-state index contributed by atoms with van der Waals surface area (Å²) in [6.07, 6.45) is 1.79. The zero-order valence-electron chi connectivity index (χ0n) is 20.1. The van der Waals surface area contributed by atoms with Crippen LogP contribution in [0.5, 0.6) is 11.5 Å². The summed E-state index contributed by atoms with van der Waals surface area (Å²) in [6.45, 7) is 4.72. The topological polar surface area (TPSA) is 80.1 Å². The van der Waals surface area contributed by atoms with E-state index >= 15 is 0 Å². The predicted molar refractivity (Wildman–Crippen MR) is 130 cm³/mol. The molecule has 3 aromatic rings. The smallest absolute Gasteiger partial charge is 0.343 e. The van der Waals surface area contributed by atoms with E-state index in [1.165, 1.54) is 0 Å². The Balaban J connectivity index is 1.68. The first kappa shape index (κ1) is 23.6. The first-order chi connectivity index (χ1) is 16.4. The van der Waals surface area contributed by atoms with Gasteiger partial charge in [0.05, 0.1) is 37.3 Å². The minimum atomic E-state index is -0.357. The van der Waals surface area contributed by atoms with Crippen LogP contribution in [0.3, 0.4) is 0 Å². The normalized spacial score (nSPS) is 15.9. The molecule has 1 atom stereocenters. The lowest BCUT2D eigenvalue weighted by atomic mass is 9.94. The fourth-order valence-corrected chi connectivity index (χ4v) is 4.24. The van der Waals surface area contributed by atoms with Crippen LogP contribution in [0.25, 0.3) is 16.9 Å². The lowest BCUT2D eigenvalue weighted by Gasteiger charge is -2.34. The number of likely N-dealkylation sites (tertiary alicyclic amines) is 1. The molecule has 8 heteroatoms. The monoisotopic (exact) mass is 464 g/mol. The van der Waals surface area contributed by atoms with E-state index in [1.807, 2.05) is 53.2 Å². The second-order valence-corrected chi connectivity index (χ2v) is 8.80. The van der Waals surface area contributed by atoms with Gasteiger partial charge in [-0.25, -0.2) is 14.5 Å². The number of piperidine rings is 1. The van der Waals surface area contributed by atoms with Crippen LogP contribution in [-0.2, 0) is 0 Å². The molecule has 1 N–H and O–H groups in total. The molecule has 1 aliphatic heterocycles. The molecule has 1 aliphatic rings. The third-order valence-electron chi connectivity index (χ3n) is 6.23. The van der Waals surface area contributed by atoms with Gasteiger partial charge in [0.2, 0.25) is 0 Å². The van der Waals surface area contributed by atoms with E-state index in [-0.39, 0.29) is 18.0 Å². The van der Waals surface area contributed by atoms with Gasteiger partial charge >= 0.3 is 6.03 Å². The van der Waals surface area contributed by atoms with Gasteiger partial charge in [-0.05, 0) is 81.3 Å². The molecule has 0 aliphatic carbocycles. The first-order valence-corrected chi connectivity index (χ1v) is 11.6. The van der Waals surface area contributed by atoms with E-state index in [4.69, 9.17) is 14.6 Å². The summed E-state index contributed by atoms with van der Waals surface area (Å²) < 4.78 is 12.6. The van der Waals surface area contributed by atoms with Crippen molar-refractivity contribution in [3.05, 3.63) is 60.3 Å². The second-order valence-electron chi connectivity index (χ2n) is 8.80. The SMILES string of the molecule is COc1ccc(-c2cc(C3CCCN(C(=O)N(O)C(C)C)C3)nn2-c2ccc(OC)cc2)cc1. The number of hydroxylamine groups is 2. The zero-order valence-corrected chi connectivity index (χ0v) is 20.1. The highest BCUT2D eigenvalue weighted by molar-refractivity contribution is 5.73. The van der Waals surface area contributed by atoms with Crippen molar-refractivity contribution in [3.63, 3.8) is 0 Å². The van der Waals surface area contributed by atoms with Crippen molar-refractivity contribution in [2.45, 2.75) is 38.6 Å². The Hall–Kier alpha value is -3.52. The molecule has 1 saturated heterocycles. The third kappa shape index (κ3) is 4.87. The van der Waals surface area contributed by atoms with Gasteiger partial charge in [-0.1, -0.05) is 0 Å². The molecule has 1 aromatic heterocycles. The molecule has 0 saturated carbocycles. The highest BCUT2D eigenvalue weighted by atomic mass is 16.5. The van der Waals surface area contributed by atoms with Gasteiger partial charge in [0.15, 0.2) is 0 Å². The molecule has 0 radical (unpaired) electrons. The number of ether oxygens (including phenoxy) is 2. The van der Waals surface area contributed by atoms with Gasteiger partial charge in [-0.3, -0.25) is 5.21 Å². The lowest BCUT2D eigenvalue weighted by molar-refractivity contribution is -0.0816. The van der Waals surface area contributed by atoms with Gasteiger partial charge in [0.1, 0.15) is 11.5 Å². The Morgan fingerprint density at radius 2 is 1.68 bits per heavy atom. The number of hydrogen-bond acceptors (Lipinski definition) is 5. The average Bonchev–Trinajstić information content (AvgIpc) is 3.33. The quantitative estimate of drug-likeness (QED) is 0.412. The Kier molecular flexibility index (Phi) is 7.07. The number of rotatable bonds is 6. The molecule has 4 rings (SSSR count). The fraction of sp³-hybridized carbons (Fsp3) is 0.385. The molecular formula is C26H32N4O4. The number of hydrogen-bond donors (Lipinski definition) is 1. The molecule has 1 unspecified atom stereocenters. The number of carbonyl (C=O) groups is 1. The highest BCUT2D eigenvalue weighted by Gasteiger charge is 2.30. The summed E-state index contributed by atoms with van der Waals surface area (Å²) in [5.74, 6) is 1.65. The Bertz CT molecular complexity index is 1040. The molecule has 180 valence electrons. The van der Waals surface area contributed by atoms with E-state index in [2.05, 4.69) is 6.07 Å². The minimum Gasteiger partial charge on any atom is -0.497 e. The van der Waals surface area contributed by atoms with E-state index < -0.39 is 0 Å². The van der Waals surface area contributed by atoms with E-state index in [9.17, 15) is 10.0 Å². The van der Waals surface area contributed by atoms with Gasteiger partial charge < -0.3 is 14.4 Å². The molecule has 1 fully saturated rings. The van der Waals surface area contributed by atoms with Crippen molar-refractivity contribution in [2.24, 2.45) is 0 Å². The Morgan fingerprint density at radius 1 is 1.06 bits per heavy atom. The van der Waals surface area contributed by atoms with Gasteiger partial charge in [-0.2, -0.15) is 5.10 Å². The number of amides is 2. The number of urea groups is 1. The van der Waals surface area contributed by atoms with Crippen LogP contribution in [0.4, 0.5) is 4.79 Å². The number of aromatic nitrogens is 2. The van der Waals surface area contributed by atoms with Crippen LogP contribution in [0.2, 0.25) is 0 Å². The lowest BCUT2D eigenvalue weighted by Crippen LogP contribution is -2.48. The van der Waals surface area contributed by atoms with Gasteiger partial charge in [0, 0.05) is 24.6 Å². The van der Waals surface area contributed by atoms with Crippen molar-refractivity contribution >= 4 is 6.03 Å². The van der Waals surface area contributed by atoms with Crippen molar-refractivity contribution in [2.75, 3.05) is 27.3 Å². The summed E-state index contributed by atoms with van der Waals surface area (Å²) >= 11 is 0. The first-order valence-electron chi connectivity index (χ1n) is 11.6. The minimum absolute atomic E-state index is 0.0785. The summed E-state index contributed by atoms with van der Waals surface area (Å²) in [4.78, 5) is 14.4. The molecule has 2 aromatic carbocycles. The second kappa shape index (κ2) is 10.2. The van der Waals surface area contributed by atoms with Crippen LogP contribution in [0.15, 0.2) is 54.6 Å². The van der Waals surface area contributed by atoms with E-state index in [0.717, 1.165) is 52.0 Å². The fourth-order valence-electron chi connectivity index (χ4n) is 4.24. The number of carbonyl (C=O) groups excluding carboxylic acids is 1. The standard InChI is InChI=1S/C26H32N4O4/c1-18(2)30(32)26(31)28-15-5-6-20(17-28)24-16-25(19-7-11-22(33-3)12-8-19)29(27-24)21-9-13-23(34-4)14-10-21/h7-14,16,18,20,32H,5-6,15,17H2,1-4H3. The van der Waals surface area contributed by atoms with Crippen molar-refractivity contribution < 1.29 is 19.5 Å². The molecule has 34 heavy (non-hydrogen) atoms. The van der Waals surface area contributed by atoms with Crippen molar-refractivity contribution in [1.29, 1.82) is 0 Å². The summed E-state index contributed by atoms with van der Waals surface area (Å²) in [6, 6.07) is 17.2. The van der Waals surface area contributed by atoms with Crippen LogP contribution in [-0.4, -0.2) is 64.3 Å². The maximum Gasteiger partial charge on any atom is 0.343 e. The molecule has 2 heterocycles. The van der Waals surface area contributed by atoms with Crippen LogP contribution < -0.4 is 9.47 Å². The Morgan fingerprint density at radius 3 is 2.26 bits per heavy atom. The highest BCUT2D eigenvalue weighted by Crippen LogP contribution is 2.33. The Labute approximate surface area is 200 Å². The summed E-state index contributed by atoms with van der Waals surface area (Å²) in [5.41, 5.74) is 3.81. The van der Waals surface area contributed by atoms with Crippen LogP contribution >= 0.6 is 0 Å². The third-order valence-corrected chi connectivity index (χ3v) is 6.23. The maximum atomic E-state index is 12.7. The number of methoxy groups -OCH3 is 2. The zero-order chi connectivity index (χ0) is 24.2. The van der Waals surface area contributed by atoms with Crippen LogP contribution in [0, 0.1) is 0 Å². The van der Waals surface area contributed by atoms with Gasteiger partial charge in [0.25, 0.3) is 0 Å². The number of benzene rings is 2. The number of nitrogens with zero attached hydrogens (tertiary/aromatic N) is 4. The van der Waals surface area contributed by atoms with Crippen molar-refractivity contribution in [3.8, 4) is 28.4 Å². The van der Waals surface area contributed by atoms with E-state index in [1.54, 1.807) is 33.0 Å². The summed E-state index contributed by atoms with van der Waals surface area (Å²) in [7, 11) is 3.30. The molecule has 8 nitrogen and oxygen atoms in total. The van der Waals surface area contributed by atoms with E-state index in [0.29, 0.717) is 13.1 Å². The predicted octanol–water partition coefficient (Wildman–Crippen LogP) is 4.96. The largest absolute Gasteiger partial charge is 0.497 e. The summed E-state index contributed by atoms with van der Waals surface area (Å²) in [5, 5.41) is 15.9. The molecule has 0 bridgehead atoms. The van der Waals surface area contributed by atoms with Crippen LogP contribution in [0.1, 0.15) is 38.3 Å². The average molecular weight is 465 g/mol.